The van der Waals surface area contributed by atoms with E-state index >= 15 is 0 Å². The van der Waals surface area contributed by atoms with Crippen molar-refractivity contribution in [3.63, 3.8) is 0 Å². The molecular weight excluding hydrogens is 809 g/mol. The van der Waals surface area contributed by atoms with Gasteiger partial charge in [-0.2, -0.15) is 0 Å². The number of hydrogen-bond acceptors (Lipinski definition) is 6. The second kappa shape index (κ2) is 16.7. The maximum absolute atomic E-state index is 5.37. The molecule has 0 saturated heterocycles. The minimum atomic E-state index is 0.802. The Morgan fingerprint density at radius 2 is 0.894 bits per heavy atom. The highest BCUT2D eigenvalue weighted by Gasteiger charge is 2.20. The molecule has 0 spiro atoms. The van der Waals surface area contributed by atoms with Crippen LogP contribution in [0.15, 0.2) is 225 Å². The first-order valence-corrected chi connectivity index (χ1v) is 22.3. The maximum Gasteiger partial charge on any atom is 0.137 e. The lowest BCUT2D eigenvalue weighted by Crippen LogP contribution is -2.10. The lowest BCUT2D eigenvalue weighted by molar-refractivity contribution is 0.838. The average Bonchev–Trinajstić information content (AvgIpc) is 4.03. The van der Waals surface area contributed by atoms with E-state index in [1.54, 1.807) is 0 Å². The Bertz CT molecular complexity index is 3500. The first-order chi connectivity index (χ1) is 32.7. The van der Waals surface area contributed by atoms with Crippen molar-refractivity contribution in [2.75, 3.05) is 9.80 Å². The second-order valence-corrected chi connectivity index (χ2v) is 16.4. The fraction of sp³-hybridized carbons (Fsp3) is 0.0345. The maximum atomic E-state index is 5.37. The van der Waals surface area contributed by atoms with Gasteiger partial charge in [0.05, 0.1) is 33.8 Å². The van der Waals surface area contributed by atoms with E-state index in [1.165, 1.54) is 0 Å². The monoisotopic (exact) mass is 850 g/mol. The van der Waals surface area contributed by atoms with Crippen LogP contribution in [0.4, 0.5) is 34.1 Å². The fourth-order valence-corrected chi connectivity index (χ4v) is 8.96. The van der Waals surface area contributed by atoms with Crippen molar-refractivity contribution in [1.29, 1.82) is 0 Å². The number of para-hydroxylation sites is 4. The van der Waals surface area contributed by atoms with Gasteiger partial charge in [0.15, 0.2) is 0 Å². The first kappa shape index (κ1) is 38.8. The zero-order valence-corrected chi connectivity index (χ0v) is 35.9. The number of imidazole rings is 2. The van der Waals surface area contributed by atoms with E-state index in [2.05, 4.69) is 201 Å². The van der Waals surface area contributed by atoms with Gasteiger partial charge in [0.2, 0.25) is 0 Å². The van der Waals surface area contributed by atoms with E-state index in [0.29, 0.717) is 0 Å². The van der Waals surface area contributed by atoms with Crippen molar-refractivity contribution in [2.24, 2.45) is 0 Å². The van der Waals surface area contributed by atoms with Gasteiger partial charge in [0.1, 0.15) is 11.5 Å². The molecule has 1 aliphatic heterocycles. The number of fused-ring (bicyclic) bond motifs is 3. The van der Waals surface area contributed by atoms with E-state index in [1.807, 2.05) is 48.7 Å². The smallest absolute Gasteiger partial charge is 0.137 e. The molecule has 5 heterocycles. The van der Waals surface area contributed by atoms with Gasteiger partial charge in [-0.1, -0.05) is 109 Å². The molecular formula is C58H42N8. The summed E-state index contributed by atoms with van der Waals surface area (Å²) in [5.74, 6) is 1.10. The number of aromatic nitrogens is 6. The minimum absolute atomic E-state index is 0.802. The summed E-state index contributed by atoms with van der Waals surface area (Å²) < 4.78 is 4.19. The molecule has 66 heavy (non-hydrogen) atoms. The Morgan fingerprint density at radius 3 is 1.44 bits per heavy atom. The molecule has 7 aromatic carbocycles. The van der Waals surface area contributed by atoms with Gasteiger partial charge >= 0.3 is 0 Å². The van der Waals surface area contributed by atoms with Crippen LogP contribution in [0.1, 0.15) is 12.2 Å². The van der Waals surface area contributed by atoms with Crippen LogP contribution in [0, 0.1) is 0 Å². The summed E-state index contributed by atoms with van der Waals surface area (Å²) in [6, 6.07) is 69.7. The third-order valence-corrected chi connectivity index (χ3v) is 12.2. The third-order valence-electron chi connectivity index (χ3n) is 12.2. The summed E-state index contributed by atoms with van der Waals surface area (Å²) in [7, 11) is 0. The summed E-state index contributed by atoms with van der Waals surface area (Å²) in [6.07, 6.45) is 12.5. The van der Waals surface area contributed by atoms with Crippen molar-refractivity contribution >= 4 is 57.0 Å². The van der Waals surface area contributed by atoms with E-state index in [0.717, 1.165) is 115 Å². The molecule has 314 valence electrons. The molecule has 0 fully saturated rings. The van der Waals surface area contributed by atoms with Crippen molar-refractivity contribution < 1.29 is 0 Å². The Morgan fingerprint density at radius 1 is 0.394 bits per heavy atom. The number of nitrogens with zero attached hydrogens (tertiary/aromatic N) is 8. The molecule has 0 amide bonds. The van der Waals surface area contributed by atoms with Crippen LogP contribution >= 0.6 is 0 Å². The van der Waals surface area contributed by atoms with Gasteiger partial charge in [-0.05, 0) is 103 Å². The summed E-state index contributed by atoms with van der Waals surface area (Å²) >= 11 is 0. The van der Waals surface area contributed by atoms with Crippen LogP contribution in [0.25, 0.3) is 67.9 Å². The zero-order valence-electron chi connectivity index (χ0n) is 35.9. The molecule has 0 bridgehead atoms. The van der Waals surface area contributed by atoms with Crippen LogP contribution in [0.2, 0.25) is 0 Å². The summed E-state index contributed by atoms with van der Waals surface area (Å²) in [6.45, 7) is 0. The Kier molecular flexibility index (Phi) is 9.79. The van der Waals surface area contributed by atoms with Crippen LogP contribution in [0.5, 0.6) is 0 Å². The Hall–Kier alpha value is -8.88. The lowest BCUT2D eigenvalue weighted by Gasteiger charge is -2.26. The van der Waals surface area contributed by atoms with Gasteiger partial charge in [-0.3, -0.25) is 0 Å². The molecule has 8 heteroatoms. The highest BCUT2D eigenvalue weighted by Crippen LogP contribution is 2.41. The second-order valence-electron chi connectivity index (χ2n) is 16.4. The number of allylic oxidation sites excluding steroid dienone is 1. The molecule has 4 aromatic heterocycles. The van der Waals surface area contributed by atoms with Gasteiger partial charge in [0.25, 0.3) is 0 Å². The normalized spacial score (nSPS) is 12.1. The fourth-order valence-electron chi connectivity index (χ4n) is 8.96. The van der Waals surface area contributed by atoms with Crippen LogP contribution in [-0.4, -0.2) is 28.9 Å². The van der Waals surface area contributed by atoms with E-state index in [9.17, 15) is 0 Å². The molecule has 0 radical (unpaired) electrons. The predicted molar refractivity (Wildman–Crippen MR) is 269 cm³/mol. The number of rotatable bonds is 10. The minimum Gasteiger partial charge on any atom is -0.310 e. The largest absolute Gasteiger partial charge is 0.310 e. The summed E-state index contributed by atoms with van der Waals surface area (Å²) in [5, 5.41) is 0. The van der Waals surface area contributed by atoms with Crippen molar-refractivity contribution in [2.45, 2.75) is 12.8 Å². The molecule has 0 saturated carbocycles. The number of benzene rings is 7. The molecule has 12 rings (SSSR count). The van der Waals surface area contributed by atoms with E-state index in [-0.39, 0.29) is 0 Å². The van der Waals surface area contributed by atoms with Crippen molar-refractivity contribution in [3.8, 4) is 45.0 Å². The molecule has 11 aromatic rings. The van der Waals surface area contributed by atoms with Crippen LogP contribution < -0.4 is 9.80 Å². The zero-order chi connectivity index (χ0) is 43.8. The summed E-state index contributed by atoms with van der Waals surface area (Å²) in [4.78, 5) is 25.1. The molecule has 0 N–H and O–H groups in total. The van der Waals surface area contributed by atoms with E-state index in [4.69, 9.17) is 19.9 Å². The highest BCUT2D eigenvalue weighted by atomic mass is 15.1. The molecule has 0 atom stereocenters. The van der Waals surface area contributed by atoms with Gasteiger partial charge in [0, 0.05) is 87.6 Å². The van der Waals surface area contributed by atoms with Crippen LogP contribution in [0.3, 0.4) is 0 Å². The number of hydrogen-bond donors (Lipinski definition) is 0. The number of pyridine rings is 1. The van der Waals surface area contributed by atoms with Crippen molar-refractivity contribution in [3.05, 3.63) is 231 Å². The molecule has 8 nitrogen and oxygen atoms in total. The quantitative estimate of drug-likeness (QED) is 0.137. The third kappa shape index (κ3) is 7.36. The highest BCUT2D eigenvalue weighted by molar-refractivity contribution is 5.90. The molecule has 1 aliphatic rings. The average molecular weight is 851 g/mol. The Labute approximate surface area is 382 Å². The number of aryl methyl sites for hydroxylation is 1. The molecule has 0 aliphatic carbocycles. The molecule has 0 unspecified atom stereocenters. The predicted octanol–water partition coefficient (Wildman–Crippen LogP) is 14.5. The van der Waals surface area contributed by atoms with Gasteiger partial charge < -0.3 is 18.8 Å². The number of anilines is 6. The SMILES string of the molecule is C1=Cn2cc(-c3ccc(N(c4ccccc4)c4cccc(-c5nc6ccccc6nc5-c5cccc(N(c6ccccc6)c6ccc(-c7cn8ccccc8n7)cc6)c5)c4)cc3)nc2CC1. The standard InChI is InChI=1S/C58H42N8/c1-3-17-45(18-4-1)65(47-31-27-41(28-32-47)53-39-63-35-11-9-25-55(63)59-53)49-21-13-15-43(37-49)57-58(62-52-24-8-7-23-51(52)61-57)44-16-14-22-50(38-44)66(46-19-5-2-6-20-46)48-33-29-42(30-34-48)54-40-64-36-12-10-26-56(64)60-54/h1-9,11-25,27-40H,10,26H2. The first-order valence-electron chi connectivity index (χ1n) is 22.3. The van der Waals surface area contributed by atoms with E-state index < -0.39 is 0 Å². The lowest BCUT2D eigenvalue weighted by atomic mass is 10.0. The van der Waals surface area contributed by atoms with Crippen molar-refractivity contribution in [1.82, 2.24) is 28.9 Å². The Balaban J connectivity index is 0.939. The van der Waals surface area contributed by atoms with Gasteiger partial charge in [-0.15, -0.1) is 0 Å². The topological polar surface area (TPSA) is 67.4 Å². The summed E-state index contributed by atoms with van der Waals surface area (Å²) in [5.41, 5.74) is 16.3. The van der Waals surface area contributed by atoms with Gasteiger partial charge in [-0.25, -0.2) is 19.9 Å². The van der Waals surface area contributed by atoms with Crippen LogP contribution in [-0.2, 0) is 6.42 Å².